The average Bonchev–Trinajstić information content (AvgIpc) is 2.78. The summed E-state index contributed by atoms with van der Waals surface area (Å²) < 4.78 is 0. The minimum atomic E-state index is -0.141. The molecular weight excluding hydrogens is 246 g/mol. The Balaban J connectivity index is 1.55. The van der Waals surface area contributed by atoms with Gasteiger partial charge in [0.2, 0.25) is 0 Å². The van der Waals surface area contributed by atoms with E-state index >= 15 is 0 Å². The summed E-state index contributed by atoms with van der Waals surface area (Å²) >= 11 is 0. The first-order chi connectivity index (χ1) is 9.22. The summed E-state index contributed by atoms with van der Waals surface area (Å²) in [5, 5.41) is 10.7. The minimum absolute atomic E-state index is 0.0619. The van der Waals surface area contributed by atoms with Crippen molar-refractivity contribution >= 4 is 16.9 Å². The molecule has 0 atom stereocenters. The Labute approximate surface area is 110 Å². The molecule has 1 aliphatic rings. The Morgan fingerprint density at radius 3 is 3.05 bits per heavy atom. The zero-order valence-electron chi connectivity index (χ0n) is 10.6. The molecule has 0 spiro atoms. The first-order valence-corrected chi connectivity index (χ1v) is 6.14. The number of nitrogens with zero attached hydrogens (tertiary/aromatic N) is 4. The lowest BCUT2D eigenvalue weighted by molar-refractivity contribution is -0.128. The van der Waals surface area contributed by atoms with E-state index in [4.69, 9.17) is 4.84 Å². The van der Waals surface area contributed by atoms with E-state index in [2.05, 4.69) is 20.5 Å². The first-order valence-electron chi connectivity index (χ1n) is 6.14. The van der Waals surface area contributed by atoms with E-state index in [0.29, 0.717) is 0 Å². The standard InChI is InChI=1S/C12H15N5O2/c1-16-6-9(7-16)13-12(18)8-19-17-11-5-3-2-4-10(11)14-15-17/h2-5,9H,6-8H2,1H3,(H,13,18). The summed E-state index contributed by atoms with van der Waals surface area (Å²) in [5.41, 5.74) is 1.49. The molecule has 0 unspecified atom stereocenters. The SMILES string of the molecule is CN1CC(NC(=O)COn2nnc3ccccc32)C1. The number of carbonyl (C=O) groups is 1. The van der Waals surface area contributed by atoms with Gasteiger partial charge in [-0.3, -0.25) is 4.79 Å². The van der Waals surface area contributed by atoms with Gasteiger partial charge >= 0.3 is 0 Å². The number of likely N-dealkylation sites (N-methyl/N-ethyl adjacent to an activating group) is 1. The molecule has 1 aromatic carbocycles. The van der Waals surface area contributed by atoms with Crippen molar-refractivity contribution in [2.24, 2.45) is 0 Å². The van der Waals surface area contributed by atoms with Gasteiger partial charge in [0.1, 0.15) is 11.0 Å². The molecule has 19 heavy (non-hydrogen) atoms. The Bertz CT molecular complexity index is 591. The molecule has 0 radical (unpaired) electrons. The second-order valence-electron chi connectivity index (χ2n) is 4.71. The molecule has 0 bridgehead atoms. The van der Waals surface area contributed by atoms with Crippen LogP contribution in [0.25, 0.3) is 11.0 Å². The van der Waals surface area contributed by atoms with Crippen LogP contribution in [0.15, 0.2) is 24.3 Å². The van der Waals surface area contributed by atoms with E-state index in [0.717, 1.165) is 24.1 Å². The van der Waals surface area contributed by atoms with Crippen molar-refractivity contribution in [3.8, 4) is 0 Å². The van der Waals surface area contributed by atoms with Crippen molar-refractivity contribution in [2.45, 2.75) is 6.04 Å². The van der Waals surface area contributed by atoms with Gasteiger partial charge < -0.3 is 15.1 Å². The third kappa shape index (κ3) is 2.50. The molecule has 0 aliphatic carbocycles. The van der Waals surface area contributed by atoms with Gasteiger partial charge in [-0.05, 0) is 24.4 Å². The van der Waals surface area contributed by atoms with E-state index in [1.807, 2.05) is 31.3 Å². The maximum Gasteiger partial charge on any atom is 0.261 e. The molecule has 3 rings (SSSR count). The molecule has 7 heteroatoms. The zero-order valence-corrected chi connectivity index (χ0v) is 10.6. The minimum Gasteiger partial charge on any atom is -0.385 e. The van der Waals surface area contributed by atoms with Crippen LogP contribution in [0.2, 0.25) is 0 Å². The van der Waals surface area contributed by atoms with E-state index in [9.17, 15) is 4.79 Å². The van der Waals surface area contributed by atoms with Crippen molar-refractivity contribution in [1.82, 2.24) is 25.4 Å². The number of hydrogen-bond donors (Lipinski definition) is 1. The maximum absolute atomic E-state index is 11.7. The summed E-state index contributed by atoms with van der Waals surface area (Å²) in [6.07, 6.45) is 0. The number of amides is 1. The molecule has 1 saturated heterocycles. The highest BCUT2D eigenvalue weighted by atomic mass is 16.7. The number of para-hydroxylation sites is 1. The molecule has 2 aromatic rings. The quantitative estimate of drug-likeness (QED) is 0.787. The third-order valence-electron chi connectivity index (χ3n) is 3.07. The smallest absolute Gasteiger partial charge is 0.261 e. The highest BCUT2D eigenvalue weighted by Gasteiger charge is 2.24. The van der Waals surface area contributed by atoms with Crippen LogP contribution in [-0.4, -0.2) is 58.8 Å². The topological polar surface area (TPSA) is 72.3 Å². The van der Waals surface area contributed by atoms with Gasteiger partial charge in [0.05, 0.1) is 6.04 Å². The molecule has 100 valence electrons. The predicted molar refractivity (Wildman–Crippen MR) is 68.4 cm³/mol. The van der Waals surface area contributed by atoms with Crippen LogP contribution in [0.4, 0.5) is 0 Å². The fraction of sp³-hybridized carbons (Fsp3) is 0.417. The van der Waals surface area contributed by atoms with Gasteiger partial charge in [0.25, 0.3) is 5.91 Å². The van der Waals surface area contributed by atoms with E-state index < -0.39 is 0 Å². The second-order valence-corrected chi connectivity index (χ2v) is 4.71. The average molecular weight is 261 g/mol. The van der Waals surface area contributed by atoms with Crippen LogP contribution in [0.1, 0.15) is 0 Å². The lowest BCUT2D eigenvalue weighted by Gasteiger charge is -2.36. The third-order valence-corrected chi connectivity index (χ3v) is 3.07. The monoisotopic (exact) mass is 261 g/mol. The number of benzene rings is 1. The lowest BCUT2D eigenvalue weighted by Crippen LogP contribution is -2.58. The molecule has 1 aliphatic heterocycles. The Morgan fingerprint density at radius 1 is 1.47 bits per heavy atom. The molecule has 0 saturated carbocycles. The number of aromatic nitrogens is 3. The zero-order chi connectivity index (χ0) is 13.2. The largest absolute Gasteiger partial charge is 0.385 e. The molecule has 1 amide bonds. The molecule has 2 heterocycles. The number of hydrogen-bond acceptors (Lipinski definition) is 5. The molecular formula is C12H15N5O2. The van der Waals surface area contributed by atoms with E-state index in [1.54, 1.807) is 0 Å². The van der Waals surface area contributed by atoms with Gasteiger partial charge in [-0.25, -0.2) is 0 Å². The molecule has 1 N–H and O–H groups in total. The summed E-state index contributed by atoms with van der Waals surface area (Å²) in [5.74, 6) is -0.141. The number of nitrogens with one attached hydrogen (secondary N) is 1. The second kappa shape index (κ2) is 4.85. The lowest BCUT2D eigenvalue weighted by atomic mass is 10.1. The molecule has 7 nitrogen and oxygen atoms in total. The van der Waals surface area contributed by atoms with E-state index in [-0.39, 0.29) is 18.6 Å². The van der Waals surface area contributed by atoms with Crippen molar-refractivity contribution in [2.75, 3.05) is 26.7 Å². The van der Waals surface area contributed by atoms with E-state index in [1.165, 1.54) is 4.85 Å². The van der Waals surface area contributed by atoms with Gasteiger partial charge in [0, 0.05) is 13.1 Å². The van der Waals surface area contributed by atoms with Crippen LogP contribution in [0, 0.1) is 0 Å². The summed E-state index contributed by atoms with van der Waals surface area (Å²) in [6, 6.07) is 7.66. The van der Waals surface area contributed by atoms with Crippen LogP contribution in [0.3, 0.4) is 0 Å². The fourth-order valence-electron chi connectivity index (χ4n) is 2.12. The molecule has 1 aromatic heterocycles. The van der Waals surface area contributed by atoms with Gasteiger partial charge in [0.15, 0.2) is 6.61 Å². The Hall–Kier alpha value is -2.15. The predicted octanol–water partition coefficient (Wildman–Crippen LogP) is -0.710. The highest BCUT2D eigenvalue weighted by Crippen LogP contribution is 2.08. The van der Waals surface area contributed by atoms with Gasteiger partial charge in [-0.15, -0.1) is 5.10 Å². The van der Waals surface area contributed by atoms with Gasteiger partial charge in [-0.1, -0.05) is 17.0 Å². The highest BCUT2D eigenvalue weighted by molar-refractivity contribution is 5.78. The summed E-state index contributed by atoms with van der Waals surface area (Å²) in [7, 11) is 2.01. The fourth-order valence-corrected chi connectivity index (χ4v) is 2.12. The van der Waals surface area contributed by atoms with Crippen molar-refractivity contribution in [1.29, 1.82) is 0 Å². The van der Waals surface area contributed by atoms with Crippen molar-refractivity contribution in [3.63, 3.8) is 0 Å². The number of likely N-dealkylation sites (tertiary alicyclic amines) is 1. The van der Waals surface area contributed by atoms with Gasteiger partial charge in [-0.2, -0.15) is 0 Å². The number of fused-ring (bicyclic) bond motifs is 1. The number of carbonyl (C=O) groups excluding carboxylic acids is 1. The molecule has 1 fully saturated rings. The summed E-state index contributed by atoms with van der Waals surface area (Å²) in [4.78, 5) is 20.4. The normalized spacial score (nSPS) is 16.3. The van der Waals surface area contributed by atoms with Crippen LogP contribution < -0.4 is 10.2 Å². The number of rotatable bonds is 4. The maximum atomic E-state index is 11.7. The Kier molecular flexibility index (Phi) is 3.04. The summed E-state index contributed by atoms with van der Waals surface area (Å²) in [6.45, 7) is 1.71. The first kappa shape index (κ1) is 11.9. The van der Waals surface area contributed by atoms with Crippen LogP contribution in [-0.2, 0) is 4.79 Å². The Morgan fingerprint density at radius 2 is 2.26 bits per heavy atom. The van der Waals surface area contributed by atoms with Crippen LogP contribution >= 0.6 is 0 Å². The van der Waals surface area contributed by atoms with Crippen LogP contribution in [0.5, 0.6) is 0 Å². The van der Waals surface area contributed by atoms with Crippen molar-refractivity contribution < 1.29 is 9.63 Å². The van der Waals surface area contributed by atoms with Crippen molar-refractivity contribution in [3.05, 3.63) is 24.3 Å².